The fourth-order valence-corrected chi connectivity index (χ4v) is 3.29. The molecular formula is C20H29ClN4O6. The van der Waals surface area contributed by atoms with Gasteiger partial charge in [-0.2, -0.15) is 0 Å². The van der Waals surface area contributed by atoms with E-state index in [0.717, 1.165) is 0 Å². The molecule has 2 amide bonds. The molecule has 0 saturated carbocycles. The first-order valence-corrected chi connectivity index (χ1v) is 10.2. The van der Waals surface area contributed by atoms with E-state index >= 15 is 0 Å². The standard InChI is InChI=1S/C20H29ClN4O6/c1-19(2,3)15(24-18(29)31-20(4,5)6)16(26)25-9-11(7-12(25)17(27)28)30-14-8-13(21)22-10-23-14/h8,10-12,15H,7,9H2,1-6H3,(H,24,29)(H,27,28). The topological polar surface area (TPSA) is 131 Å². The molecule has 0 spiro atoms. The van der Waals surface area contributed by atoms with Crippen LogP contribution in [0.4, 0.5) is 4.79 Å². The molecule has 2 N–H and O–H groups in total. The number of hydrogen-bond donors (Lipinski definition) is 2. The van der Waals surface area contributed by atoms with Gasteiger partial charge in [-0.15, -0.1) is 0 Å². The molecule has 10 nitrogen and oxygen atoms in total. The molecule has 0 bridgehead atoms. The molecule has 172 valence electrons. The summed E-state index contributed by atoms with van der Waals surface area (Å²) >= 11 is 5.83. The lowest BCUT2D eigenvalue weighted by Crippen LogP contribution is -2.57. The summed E-state index contributed by atoms with van der Waals surface area (Å²) < 4.78 is 11.0. The first-order chi connectivity index (χ1) is 14.2. The van der Waals surface area contributed by atoms with Gasteiger partial charge in [0.15, 0.2) is 0 Å². The van der Waals surface area contributed by atoms with Gasteiger partial charge in [-0.05, 0) is 26.2 Å². The van der Waals surface area contributed by atoms with E-state index in [1.54, 1.807) is 41.5 Å². The Kier molecular flexibility index (Phi) is 7.36. The molecule has 0 aliphatic carbocycles. The number of alkyl carbamates (subject to hydrolysis) is 1. The van der Waals surface area contributed by atoms with Crippen LogP contribution in [0.15, 0.2) is 12.4 Å². The summed E-state index contributed by atoms with van der Waals surface area (Å²) in [6.45, 7) is 10.5. The third-order valence-corrected chi connectivity index (χ3v) is 4.71. The maximum absolute atomic E-state index is 13.4. The highest BCUT2D eigenvalue weighted by molar-refractivity contribution is 6.29. The number of likely N-dealkylation sites (tertiary alicyclic amines) is 1. The number of carbonyl (C=O) groups excluding carboxylic acids is 2. The van der Waals surface area contributed by atoms with Crippen LogP contribution in [0.5, 0.6) is 5.88 Å². The van der Waals surface area contributed by atoms with Gasteiger partial charge in [-0.3, -0.25) is 4.79 Å². The van der Waals surface area contributed by atoms with Gasteiger partial charge < -0.3 is 24.8 Å². The van der Waals surface area contributed by atoms with E-state index in [1.165, 1.54) is 17.3 Å². The molecule has 1 aromatic rings. The molecule has 11 heteroatoms. The Morgan fingerprint density at radius 3 is 2.39 bits per heavy atom. The average Bonchev–Trinajstić information content (AvgIpc) is 3.01. The molecule has 1 fully saturated rings. The molecular weight excluding hydrogens is 428 g/mol. The van der Waals surface area contributed by atoms with Gasteiger partial charge in [0.1, 0.15) is 35.3 Å². The number of carboxylic acids is 1. The van der Waals surface area contributed by atoms with Crippen molar-refractivity contribution in [1.82, 2.24) is 20.2 Å². The van der Waals surface area contributed by atoms with Crippen molar-refractivity contribution in [2.24, 2.45) is 5.41 Å². The number of aliphatic carboxylic acids is 1. The summed E-state index contributed by atoms with van der Waals surface area (Å²) in [5.41, 5.74) is -1.44. The number of amides is 2. The number of carbonyl (C=O) groups is 3. The Hall–Kier alpha value is -2.62. The van der Waals surface area contributed by atoms with E-state index in [4.69, 9.17) is 21.1 Å². The van der Waals surface area contributed by atoms with Crippen molar-refractivity contribution in [2.75, 3.05) is 6.54 Å². The van der Waals surface area contributed by atoms with Gasteiger partial charge in [-0.1, -0.05) is 32.4 Å². The van der Waals surface area contributed by atoms with Crippen LogP contribution >= 0.6 is 11.6 Å². The van der Waals surface area contributed by atoms with Crippen molar-refractivity contribution in [3.05, 3.63) is 17.5 Å². The quantitative estimate of drug-likeness (QED) is 0.646. The number of rotatable bonds is 5. The van der Waals surface area contributed by atoms with Gasteiger partial charge in [0, 0.05) is 12.5 Å². The minimum absolute atomic E-state index is 0.0139. The molecule has 2 rings (SSSR count). The zero-order chi connectivity index (χ0) is 23.6. The fraction of sp³-hybridized carbons (Fsp3) is 0.650. The summed E-state index contributed by atoms with van der Waals surface area (Å²) in [5, 5.41) is 12.4. The number of nitrogens with one attached hydrogen (secondary N) is 1. The predicted molar refractivity (Wildman–Crippen MR) is 112 cm³/mol. The number of hydrogen-bond acceptors (Lipinski definition) is 7. The van der Waals surface area contributed by atoms with E-state index in [-0.39, 0.29) is 24.0 Å². The zero-order valence-corrected chi connectivity index (χ0v) is 19.3. The van der Waals surface area contributed by atoms with Crippen LogP contribution < -0.4 is 10.1 Å². The van der Waals surface area contributed by atoms with E-state index < -0.39 is 47.2 Å². The van der Waals surface area contributed by atoms with Crippen molar-refractivity contribution in [2.45, 2.75) is 71.8 Å². The SMILES string of the molecule is CC(C)(C)OC(=O)NC(C(=O)N1CC(Oc2cc(Cl)ncn2)CC1C(=O)O)C(C)(C)C. The van der Waals surface area contributed by atoms with Crippen molar-refractivity contribution in [3.63, 3.8) is 0 Å². The summed E-state index contributed by atoms with van der Waals surface area (Å²) in [4.78, 5) is 46.4. The molecule has 0 radical (unpaired) electrons. The Balaban J connectivity index is 2.21. The number of halogens is 1. The number of carboxylic acid groups (broad SMARTS) is 1. The van der Waals surface area contributed by atoms with Crippen molar-refractivity contribution < 1.29 is 29.0 Å². The average molecular weight is 457 g/mol. The molecule has 31 heavy (non-hydrogen) atoms. The smallest absolute Gasteiger partial charge is 0.408 e. The maximum Gasteiger partial charge on any atom is 0.408 e. The van der Waals surface area contributed by atoms with E-state index in [9.17, 15) is 19.5 Å². The number of ether oxygens (including phenoxy) is 2. The first kappa shape index (κ1) is 24.6. The van der Waals surface area contributed by atoms with Gasteiger partial charge >= 0.3 is 12.1 Å². The van der Waals surface area contributed by atoms with Gasteiger partial charge in [0.05, 0.1) is 6.54 Å². The second-order valence-corrected chi connectivity index (χ2v) is 9.83. The van der Waals surface area contributed by atoms with E-state index in [1.807, 2.05) is 0 Å². The second-order valence-electron chi connectivity index (χ2n) is 9.44. The largest absolute Gasteiger partial charge is 0.480 e. The van der Waals surface area contributed by atoms with Crippen LogP contribution in [0.2, 0.25) is 5.15 Å². The lowest BCUT2D eigenvalue weighted by Gasteiger charge is -2.35. The zero-order valence-electron chi connectivity index (χ0n) is 18.5. The monoisotopic (exact) mass is 456 g/mol. The minimum atomic E-state index is -1.16. The van der Waals surface area contributed by atoms with Gasteiger partial charge in [0.25, 0.3) is 0 Å². The Morgan fingerprint density at radius 1 is 1.23 bits per heavy atom. The predicted octanol–water partition coefficient (Wildman–Crippen LogP) is 2.50. The van der Waals surface area contributed by atoms with E-state index in [2.05, 4.69) is 15.3 Å². The van der Waals surface area contributed by atoms with Crippen molar-refractivity contribution in [3.8, 4) is 5.88 Å². The lowest BCUT2D eigenvalue weighted by atomic mass is 9.85. The molecule has 0 aromatic carbocycles. The minimum Gasteiger partial charge on any atom is -0.480 e. The second kappa shape index (κ2) is 9.25. The van der Waals surface area contributed by atoms with Crippen LogP contribution in [-0.4, -0.2) is 68.3 Å². The van der Waals surface area contributed by atoms with Gasteiger partial charge in [-0.25, -0.2) is 19.6 Å². The van der Waals surface area contributed by atoms with Crippen LogP contribution in [0.1, 0.15) is 48.0 Å². The summed E-state index contributed by atoms with van der Waals surface area (Å²) in [5.74, 6) is -1.51. The molecule has 1 saturated heterocycles. The van der Waals surface area contributed by atoms with Crippen molar-refractivity contribution in [1.29, 1.82) is 0 Å². The molecule has 1 aromatic heterocycles. The molecule has 3 unspecified atom stereocenters. The maximum atomic E-state index is 13.4. The third-order valence-electron chi connectivity index (χ3n) is 4.50. The summed E-state index contributed by atoms with van der Waals surface area (Å²) in [7, 11) is 0. The van der Waals surface area contributed by atoms with E-state index in [0.29, 0.717) is 0 Å². The Labute approximate surface area is 186 Å². The van der Waals surface area contributed by atoms with Crippen LogP contribution in [0, 0.1) is 5.41 Å². The summed E-state index contributed by atoms with van der Waals surface area (Å²) in [6, 6.07) is -0.708. The van der Waals surface area contributed by atoms with Crippen LogP contribution in [0.3, 0.4) is 0 Å². The molecule has 1 aliphatic rings. The third kappa shape index (κ3) is 6.95. The molecule has 2 heterocycles. The fourth-order valence-electron chi connectivity index (χ4n) is 3.15. The van der Waals surface area contributed by atoms with Crippen LogP contribution in [0.25, 0.3) is 0 Å². The Morgan fingerprint density at radius 2 is 1.87 bits per heavy atom. The highest BCUT2D eigenvalue weighted by Crippen LogP contribution is 2.28. The first-order valence-electron chi connectivity index (χ1n) is 9.84. The molecule has 1 aliphatic heterocycles. The Bertz CT molecular complexity index is 836. The normalized spacial score (nSPS) is 20.2. The number of aromatic nitrogens is 2. The highest BCUT2D eigenvalue weighted by Gasteiger charge is 2.46. The molecule has 3 atom stereocenters. The van der Waals surface area contributed by atoms with Crippen LogP contribution in [-0.2, 0) is 14.3 Å². The lowest BCUT2D eigenvalue weighted by molar-refractivity contribution is -0.150. The van der Waals surface area contributed by atoms with Crippen molar-refractivity contribution >= 4 is 29.6 Å². The highest BCUT2D eigenvalue weighted by atomic mass is 35.5. The summed E-state index contributed by atoms with van der Waals surface area (Å²) in [6.07, 6.45) is -0.0789. The number of nitrogens with zero attached hydrogens (tertiary/aromatic N) is 3. The van der Waals surface area contributed by atoms with Gasteiger partial charge in [0.2, 0.25) is 11.8 Å².